The second-order valence-corrected chi connectivity index (χ2v) is 5.17. The van der Waals surface area contributed by atoms with Crippen molar-refractivity contribution >= 4 is 17.5 Å². The van der Waals surface area contributed by atoms with Gasteiger partial charge in [0.15, 0.2) is 0 Å². The Bertz CT molecular complexity index is 405. The summed E-state index contributed by atoms with van der Waals surface area (Å²) in [6.07, 6.45) is 0. The Balaban J connectivity index is 3.49. The van der Waals surface area contributed by atoms with Crippen LogP contribution in [0.5, 0.6) is 0 Å². The molecule has 0 fully saturated rings. The summed E-state index contributed by atoms with van der Waals surface area (Å²) in [5.74, 6) is -0.429. The zero-order chi connectivity index (χ0) is 11.8. The van der Waals surface area contributed by atoms with Crippen molar-refractivity contribution in [2.45, 2.75) is 33.1 Å². The Morgan fingerprint density at radius 2 is 1.87 bits per heavy atom. The molecule has 0 aromatic heterocycles. The Kier molecular flexibility index (Phi) is 3.10. The van der Waals surface area contributed by atoms with Crippen molar-refractivity contribution < 1.29 is 4.79 Å². The van der Waals surface area contributed by atoms with Crippen LogP contribution < -0.4 is 5.73 Å². The third kappa shape index (κ3) is 2.51. The van der Waals surface area contributed by atoms with Crippen LogP contribution >= 0.6 is 11.6 Å². The van der Waals surface area contributed by atoms with Gasteiger partial charge in [0.25, 0.3) is 0 Å². The van der Waals surface area contributed by atoms with Gasteiger partial charge in [0.2, 0.25) is 5.91 Å². The van der Waals surface area contributed by atoms with Crippen molar-refractivity contribution in [2.24, 2.45) is 5.73 Å². The van der Waals surface area contributed by atoms with Crippen LogP contribution in [0, 0.1) is 6.92 Å². The summed E-state index contributed by atoms with van der Waals surface area (Å²) in [6.45, 7) is 8.05. The van der Waals surface area contributed by atoms with Gasteiger partial charge in [0.1, 0.15) is 0 Å². The van der Waals surface area contributed by atoms with E-state index < -0.39 is 5.91 Å². The maximum Gasteiger partial charge on any atom is 0.249 e. The highest BCUT2D eigenvalue weighted by Gasteiger charge is 2.21. The predicted molar refractivity (Wildman–Crippen MR) is 63.4 cm³/mol. The summed E-state index contributed by atoms with van der Waals surface area (Å²) < 4.78 is 0. The molecule has 1 amide bonds. The number of rotatable bonds is 1. The normalized spacial score (nSPS) is 11.5. The maximum atomic E-state index is 11.3. The van der Waals surface area contributed by atoms with Gasteiger partial charge >= 0.3 is 0 Å². The second kappa shape index (κ2) is 3.86. The summed E-state index contributed by atoms with van der Waals surface area (Å²) in [4.78, 5) is 11.3. The van der Waals surface area contributed by atoms with Gasteiger partial charge in [0.05, 0.1) is 0 Å². The van der Waals surface area contributed by atoms with Gasteiger partial charge in [-0.05, 0) is 29.5 Å². The fourth-order valence-corrected chi connectivity index (χ4v) is 1.67. The van der Waals surface area contributed by atoms with Crippen molar-refractivity contribution in [1.82, 2.24) is 0 Å². The van der Waals surface area contributed by atoms with Gasteiger partial charge < -0.3 is 5.73 Å². The third-order valence-corrected chi connectivity index (χ3v) is 2.78. The second-order valence-electron chi connectivity index (χ2n) is 4.76. The van der Waals surface area contributed by atoms with Crippen LogP contribution in [0.3, 0.4) is 0 Å². The maximum absolute atomic E-state index is 11.3. The highest BCUT2D eigenvalue weighted by molar-refractivity contribution is 6.31. The molecule has 0 heterocycles. The first kappa shape index (κ1) is 12.1. The van der Waals surface area contributed by atoms with Crippen LogP contribution in [-0.2, 0) is 5.41 Å². The molecule has 1 aromatic carbocycles. The van der Waals surface area contributed by atoms with Gasteiger partial charge in [-0.2, -0.15) is 0 Å². The van der Waals surface area contributed by atoms with Gasteiger partial charge in [0, 0.05) is 10.6 Å². The molecule has 15 heavy (non-hydrogen) atoms. The molecule has 2 N–H and O–H groups in total. The summed E-state index contributed by atoms with van der Waals surface area (Å²) in [7, 11) is 0. The smallest absolute Gasteiger partial charge is 0.249 e. The minimum Gasteiger partial charge on any atom is -0.366 e. The quantitative estimate of drug-likeness (QED) is 0.785. The number of halogens is 1. The minimum atomic E-state index is -0.429. The lowest BCUT2D eigenvalue weighted by Gasteiger charge is -2.22. The number of aryl methyl sites for hydroxylation is 1. The fraction of sp³-hybridized carbons (Fsp3) is 0.417. The van der Waals surface area contributed by atoms with Crippen molar-refractivity contribution in [3.63, 3.8) is 0 Å². The summed E-state index contributed by atoms with van der Waals surface area (Å²) in [6, 6.07) is 3.59. The van der Waals surface area contributed by atoms with E-state index in [-0.39, 0.29) is 5.41 Å². The van der Waals surface area contributed by atoms with Gasteiger partial charge in [-0.15, -0.1) is 0 Å². The Hall–Kier alpha value is -1.02. The van der Waals surface area contributed by atoms with E-state index in [1.54, 1.807) is 6.07 Å². The fourth-order valence-electron chi connectivity index (χ4n) is 1.51. The van der Waals surface area contributed by atoms with E-state index in [0.717, 1.165) is 11.1 Å². The molecule has 2 nitrogen and oxygen atoms in total. The van der Waals surface area contributed by atoms with Gasteiger partial charge in [-0.1, -0.05) is 38.4 Å². The zero-order valence-corrected chi connectivity index (χ0v) is 10.3. The van der Waals surface area contributed by atoms with Crippen molar-refractivity contribution in [1.29, 1.82) is 0 Å². The molecule has 0 aliphatic carbocycles. The summed E-state index contributed by atoms with van der Waals surface area (Å²) in [5, 5.41) is 0.580. The lowest BCUT2D eigenvalue weighted by molar-refractivity contribution is 0.0998. The third-order valence-electron chi connectivity index (χ3n) is 2.37. The van der Waals surface area contributed by atoms with Crippen LogP contribution in [0.2, 0.25) is 5.02 Å². The summed E-state index contributed by atoms with van der Waals surface area (Å²) in [5.41, 5.74) is 7.64. The molecule has 0 radical (unpaired) electrons. The van der Waals surface area contributed by atoms with E-state index >= 15 is 0 Å². The van der Waals surface area contributed by atoms with Crippen molar-refractivity contribution in [3.05, 3.63) is 33.8 Å². The first-order valence-electron chi connectivity index (χ1n) is 4.84. The van der Waals surface area contributed by atoms with E-state index in [9.17, 15) is 4.79 Å². The van der Waals surface area contributed by atoms with Crippen LogP contribution in [0.15, 0.2) is 12.1 Å². The monoisotopic (exact) mass is 225 g/mol. The van der Waals surface area contributed by atoms with Crippen LogP contribution in [-0.4, -0.2) is 5.91 Å². The van der Waals surface area contributed by atoms with E-state index in [2.05, 4.69) is 0 Å². The molecule has 3 heteroatoms. The SMILES string of the molecule is Cc1cc(C(C)(C)C)c(C(N)=O)cc1Cl. The number of amides is 1. The lowest BCUT2D eigenvalue weighted by atomic mass is 9.82. The highest BCUT2D eigenvalue weighted by atomic mass is 35.5. The van der Waals surface area contributed by atoms with E-state index in [0.29, 0.717) is 10.6 Å². The number of carbonyl (C=O) groups excluding carboxylic acids is 1. The van der Waals surface area contributed by atoms with E-state index in [4.69, 9.17) is 17.3 Å². The van der Waals surface area contributed by atoms with Crippen LogP contribution in [0.4, 0.5) is 0 Å². The number of carbonyl (C=O) groups is 1. The van der Waals surface area contributed by atoms with Gasteiger partial charge in [-0.3, -0.25) is 4.79 Å². The number of primary amides is 1. The molecule has 0 saturated heterocycles. The van der Waals surface area contributed by atoms with Crippen molar-refractivity contribution in [2.75, 3.05) is 0 Å². The van der Waals surface area contributed by atoms with Crippen molar-refractivity contribution in [3.8, 4) is 0 Å². The molecule has 0 saturated carbocycles. The number of hydrogen-bond acceptors (Lipinski definition) is 1. The summed E-state index contributed by atoms with van der Waals surface area (Å²) >= 11 is 5.97. The number of nitrogens with two attached hydrogens (primary N) is 1. The molecule has 0 bridgehead atoms. The van der Waals surface area contributed by atoms with Gasteiger partial charge in [-0.25, -0.2) is 0 Å². The largest absolute Gasteiger partial charge is 0.366 e. The molecule has 0 aliphatic heterocycles. The molecular weight excluding hydrogens is 210 g/mol. The standard InChI is InChI=1S/C12H16ClNO/c1-7-5-9(12(2,3)4)8(11(14)15)6-10(7)13/h5-6H,1-4H3,(H2,14,15). The van der Waals surface area contributed by atoms with Crippen LogP contribution in [0.25, 0.3) is 0 Å². The highest BCUT2D eigenvalue weighted by Crippen LogP contribution is 2.30. The first-order valence-corrected chi connectivity index (χ1v) is 5.21. The Labute approximate surface area is 95.4 Å². The molecule has 0 aliphatic rings. The average molecular weight is 226 g/mol. The van der Waals surface area contributed by atoms with Crippen LogP contribution in [0.1, 0.15) is 42.3 Å². The molecule has 1 rings (SSSR count). The Morgan fingerprint density at radius 1 is 1.33 bits per heavy atom. The molecule has 1 aromatic rings. The molecule has 0 spiro atoms. The average Bonchev–Trinajstić information content (AvgIpc) is 2.06. The predicted octanol–water partition coefficient (Wildman–Crippen LogP) is 3.04. The number of benzene rings is 1. The first-order chi connectivity index (χ1) is 6.73. The molecule has 82 valence electrons. The lowest BCUT2D eigenvalue weighted by Crippen LogP contribution is -2.21. The number of hydrogen-bond donors (Lipinski definition) is 1. The Morgan fingerprint density at radius 3 is 2.27 bits per heavy atom. The minimum absolute atomic E-state index is 0.111. The molecule has 0 unspecified atom stereocenters. The van der Waals surface area contributed by atoms with E-state index in [1.165, 1.54) is 0 Å². The molecular formula is C12H16ClNO. The van der Waals surface area contributed by atoms with E-state index in [1.807, 2.05) is 33.8 Å². The topological polar surface area (TPSA) is 43.1 Å². The molecule has 0 atom stereocenters. The zero-order valence-electron chi connectivity index (χ0n) is 9.52.